The number of alkyl halides is 3. The number of fused-ring (bicyclic) bond motifs is 2. The molecule has 2 spiro atoms. The standard InChI is InChI=1S/C38H43F3N8O3/c1-4-29(50)48-17-36(18-48)9-11-47(12-10-36)34-26-15-25(24-6-7-24)31(30-23(2)5-8-28-27(30)16-42-45-28)33(51-22-38(39,40)41)32(26)43-35(44-34)49-20-37(21-49)19-46(3)13-14-52-37/h4-5,8,15-16,24H,1,6-7,9-14,17-22H2,2-3H3,(H,42,45). The SMILES string of the molecule is C=CC(=O)N1CC2(CCN(c3nc(N4CC5(CN(C)CCO5)C4)nc4c(OCC(F)(F)F)c(-c5c(C)ccc6[nH]ncc56)c(C5CC5)cc34)CC2)C1. The Morgan fingerprint density at radius 2 is 1.83 bits per heavy atom. The van der Waals surface area contributed by atoms with Crippen LogP contribution in [0.3, 0.4) is 0 Å². The molecule has 0 atom stereocenters. The van der Waals surface area contributed by atoms with Gasteiger partial charge in [-0.05, 0) is 80.5 Å². The first kappa shape index (κ1) is 33.4. The summed E-state index contributed by atoms with van der Waals surface area (Å²) in [5, 5.41) is 8.84. The Hall–Kier alpha value is -4.43. The number of aryl methyl sites for hydroxylation is 1. The zero-order valence-electron chi connectivity index (χ0n) is 29.6. The molecule has 52 heavy (non-hydrogen) atoms. The lowest BCUT2D eigenvalue weighted by Crippen LogP contribution is -2.70. The van der Waals surface area contributed by atoms with Gasteiger partial charge in [0.1, 0.15) is 16.9 Å². The Morgan fingerprint density at radius 1 is 1.06 bits per heavy atom. The monoisotopic (exact) mass is 716 g/mol. The van der Waals surface area contributed by atoms with E-state index in [1.54, 1.807) is 6.20 Å². The number of carbonyl (C=O) groups is 1. The van der Waals surface area contributed by atoms with E-state index in [1.165, 1.54) is 6.08 Å². The normalized spacial score (nSPS) is 21.5. The molecule has 5 fully saturated rings. The molecule has 2 aromatic heterocycles. The third-order valence-corrected chi connectivity index (χ3v) is 11.8. The predicted molar refractivity (Wildman–Crippen MR) is 192 cm³/mol. The average molecular weight is 717 g/mol. The van der Waals surface area contributed by atoms with Crippen LogP contribution in [0, 0.1) is 12.3 Å². The van der Waals surface area contributed by atoms with Crippen molar-refractivity contribution in [2.24, 2.45) is 5.41 Å². The van der Waals surface area contributed by atoms with Gasteiger partial charge in [0.15, 0.2) is 12.4 Å². The van der Waals surface area contributed by atoms with Crippen LogP contribution in [0.4, 0.5) is 24.9 Å². The Bertz CT molecular complexity index is 2070. The fraction of sp³-hybridized carbons (Fsp3) is 0.526. The minimum absolute atomic E-state index is 0.0448. The van der Waals surface area contributed by atoms with Gasteiger partial charge in [0.25, 0.3) is 0 Å². The molecule has 1 aliphatic carbocycles. The number of nitrogens with zero attached hydrogens (tertiary/aromatic N) is 7. The van der Waals surface area contributed by atoms with Crippen molar-refractivity contribution in [3.05, 3.63) is 48.2 Å². The molecular weight excluding hydrogens is 673 g/mol. The molecule has 4 aromatic rings. The molecule has 1 saturated carbocycles. The summed E-state index contributed by atoms with van der Waals surface area (Å²) in [6.07, 6.45) is 2.14. The Morgan fingerprint density at radius 3 is 2.52 bits per heavy atom. The van der Waals surface area contributed by atoms with Crippen LogP contribution in [0.25, 0.3) is 32.9 Å². The molecular formula is C38H43F3N8O3. The van der Waals surface area contributed by atoms with Crippen molar-refractivity contribution >= 4 is 39.5 Å². The number of halogens is 3. The summed E-state index contributed by atoms with van der Waals surface area (Å²) < 4.78 is 54.5. The fourth-order valence-corrected chi connectivity index (χ4v) is 8.91. The number of likely N-dealkylation sites (N-methyl/N-ethyl adjacent to an activating group) is 1. The number of rotatable bonds is 7. The van der Waals surface area contributed by atoms with E-state index >= 15 is 0 Å². The van der Waals surface area contributed by atoms with Crippen LogP contribution in [0.5, 0.6) is 5.75 Å². The molecule has 0 bridgehead atoms. The highest BCUT2D eigenvalue weighted by molar-refractivity contribution is 6.06. The van der Waals surface area contributed by atoms with E-state index in [4.69, 9.17) is 19.4 Å². The zero-order chi connectivity index (χ0) is 36.0. The lowest BCUT2D eigenvalue weighted by Gasteiger charge is -2.54. The second kappa shape index (κ2) is 12.1. The molecule has 5 aliphatic rings. The summed E-state index contributed by atoms with van der Waals surface area (Å²) in [6, 6.07) is 6.03. The van der Waals surface area contributed by atoms with Crippen LogP contribution in [-0.4, -0.2) is 120 Å². The van der Waals surface area contributed by atoms with Crippen LogP contribution in [0.15, 0.2) is 37.1 Å². The van der Waals surface area contributed by atoms with Crippen LogP contribution < -0.4 is 14.5 Å². The molecule has 0 unspecified atom stereocenters. The van der Waals surface area contributed by atoms with Crippen molar-refractivity contribution < 1.29 is 27.4 Å². The van der Waals surface area contributed by atoms with Crippen molar-refractivity contribution in [3.8, 4) is 16.9 Å². The summed E-state index contributed by atoms with van der Waals surface area (Å²) in [6.45, 7) is 10.4. The Kier molecular flexibility index (Phi) is 7.74. The predicted octanol–water partition coefficient (Wildman–Crippen LogP) is 5.44. The number of hydrogen-bond acceptors (Lipinski definition) is 9. The summed E-state index contributed by atoms with van der Waals surface area (Å²) >= 11 is 0. The number of aromatic amines is 1. The highest BCUT2D eigenvalue weighted by Crippen LogP contribution is 2.53. The topological polar surface area (TPSA) is 103 Å². The number of aromatic nitrogens is 4. The van der Waals surface area contributed by atoms with Crippen molar-refractivity contribution in [2.75, 3.05) is 82.4 Å². The number of benzene rings is 2. The third kappa shape index (κ3) is 5.74. The van der Waals surface area contributed by atoms with Crippen molar-refractivity contribution in [1.82, 2.24) is 30.0 Å². The number of anilines is 2. The molecule has 4 saturated heterocycles. The van der Waals surface area contributed by atoms with Crippen molar-refractivity contribution in [1.29, 1.82) is 0 Å². The first-order chi connectivity index (χ1) is 24.9. The van der Waals surface area contributed by atoms with Gasteiger partial charge < -0.3 is 29.1 Å². The summed E-state index contributed by atoms with van der Waals surface area (Å²) in [5.41, 5.74) is 4.19. The molecule has 6 heterocycles. The first-order valence-electron chi connectivity index (χ1n) is 18.2. The number of morpholine rings is 1. The highest BCUT2D eigenvalue weighted by Gasteiger charge is 2.49. The minimum Gasteiger partial charge on any atom is -0.481 e. The number of ether oxygens (including phenoxy) is 2. The van der Waals surface area contributed by atoms with E-state index in [0.29, 0.717) is 74.1 Å². The van der Waals surface area contributed by atoms with E-state index in [9.17, 15) is 18.0 Å². The Balaban J connectivity index is 1.20. The number of carbonyl (C=O) groups excluding carboxylic acids is 1. The molecule has 11 nitrogen and oxygen atoms in total. The van der Waals surface area contributed by atoms with Gasteiger partial charge in [0, 0.05) is 61.0 Å². The lowest BCUT2D eigenvalue weighted by molar-refractivity contribution is -0.153. The van der Waals surface area contributed by atoms with E-state index in [0.717, 1.165) is 66.4 Å². The van der Waals surface area contributed by atoms with E-state index in [2.05, 4.69) is 44.6 Å². The van der Waals surface area contributed by atoms with Crippen LogP contribution in [0.2, 0.25) is 0 Å². The second-order valence-electron chi connectivity index (χ2n) is 15.7. The number of H-pyrrole nitrogens is 1. The zero-order valence-corrected chi connectivity index (χ0v) is 29.6. The van der Waals surface area contributed by atoms with Crippen molar-refractivity contribution in [3.63, 3.8) is 0 Å². The molecule has 1 N–H and O–H groups in total. The average Bonchev–Trinajstić information content (AvgIpc) is 3.83. The van der Waals surface area contributed by atoms with Gasteiger partial charge in [-0.1, -0.05) is 12.6 Å². The largest absolute Gasteiger partial charge is 0.481 e. The quantitative estimate of drug-likeness (QED) is 0.251. The first-order valence-corrected chi connectivity index (χ1v) is 18.2. The van der Waals surface area contributed by atoms with E-state index in [-0.39, 0.29) is 28.6 Å². The lowest BCUT2D eigenvalue weighted by atomic mass is 9.72. The number of hydrogen-bond donors (Lipinski definition) is 1. The molecule has 1 amide bonds. The van der Waals surface area contributed by atoms with E-state index < -0.39 is 12.8 Å². The maximum absolute atomic E-state index is 14.1. The Labute approximate surface area is 299 Å². The molecule has 274 valence electrons. The van der Waals surface area contributed by atoms with Crippen LogP contribution in [0.1, 0.15) is 42.7 Å². The van der Waals surface area contributed by atoms with Crippen LogP contribution >= 0.6 is 0 Å². The molecule has 2 aromatic carbocycles. The fourth-order valence-electron chi connectivity index (χ4n) is 8.91. The summed E-state index contributed by atoms with van der Waals surface area (Å²) in [5.74, 6) is 1.42. The van der Waals surface area contributed by atoms with Crippen LogP contribution in [-0.2, 0) is 9.53 Å². The maximum atomic E-state index is 14.1. The smallest absolute Gasteiger partial charge is 0.422 e. The number of nitrogens with one attached hydrogen (secondary N) is 1. The van der Waals surface area contributed by atoms with Gasteiger partial charge in [-0.25, -0.2) is 4.98 Å². The third-order valence-electron chi connectivity index (χ3n) is 11.8. The van der Waals surface area contributed by atoms with Crippen molar-refractivity contribution in [2.45, 2.75) is 50.3 Å². The van der Waals surface area contributed by atoms with Gasteiger partial charge >= 0.3 is 6.18 Å². The van der Waals surface area contributed by atoms with Gasteiger partial charge in [0.05, 0.1) is 31.4 Å². The number of piperidine rings is 1. The number of likely N-dealkylation sites (tertiary alicyclic amines) is 1. The van der Waals surface area contributed by atoms with E-state index in [1.807, 2.05) is 24.0 Å². The summed E-state index contributed by atoms with van der Waals surface area (Å²) in [7, 11) is 2.08. The molecule has 9 rings (SSSR count). The minimum atomic E-state index is -4.56. The highest BCUT2D eigenvalue weighted by atomic mass is 19.4. The van der Waals surface area contributed by atoms with Gasteiger partial charge in [-0.15, -0.1) is 0 Å². The van der Waals surface area contributed by atoms with Gasteiger partial charge in [0.2, 0.25) is 11.9 Å². The summed E-state index contributed by atoms with van der Waals surface area (Å²) in [4.78, 5) is 31.0. The molecule has 4 aliphatic heterocycles. The maximum Gasteiger partial charge on any atom is 0.422 e. The van der Waals surface area contributed by atoms with Gasteiger partial charge in [-0.3, -0.25) is 9.89 Å². The van der Waals surface area contributed by atoms with Gasteiger partial charge in [-0.2, -0.15) is 23.3 Å². The number of amides is 1. The molecule has 0 radical (unpaired) electrons. The second-order valence-corrected chi connectivity index (χ2v) is 15.7. The molecule has 14 heteroatoms.